The van der Waals surface area contributed by atoms with Gasteiger partial charge in [-0.2, -0.15) is 4.98 Å². The average Bonchev–Trinajstić information content (AvgIpc) is 3.30. The Morgan fingerprint density at radius 1 is 1.07 bits per heavy atom. The zero-order valence-electron chi connectivity index (χ0n) is 16.2. The highest BCUT2D eigenvalue weighted by atomic mass is 16.5. The average molecular weight is 375 g/mol. The number of rotatable bonds is 5. The van der Waals surface area contributed by atoms with Crippen LogP contribution in [0.2, 0.25) is 0 Å². The molecule has 0 N–H and O–H groups in total. The van der Waals surface area contributed by atoms with E-state index in [2.05, 4.69) is 26.9 Å². The van der Waals surface area contributed by atoms with Crippen molar-refractivity contribution in [3.8, 4) is 11.4 Å². The number of anilines is 1. The van der Waals surface area contributed by atoms with Crippen molar-refractivity contribution < 1.29 is 4.52 Å². The van der Waals surface area contributed by atoms with E-state index in [1.807, 2.05) is 42.6 Å². The highest BCUT2D eigenvalue weighted by molar-refractivity contribution is 5.57. The van der Waals surface area contributed by atoms with Gasteiger partial charge in [0.2, 0.25) is 5.89 Å². The van der Waals surface area contributed by atoms with Crippen LogP contribution in [0.15, 0.2) is 47.1 Å². The van der Waals surface area contributed by atoms with Crippen molar-refractivity contribution in [2.45, 2.75) is 38.5 Å². The number of hydrogen-bond acceptors (Lipinski definition) is 6. The van der Waals surface area contributed by atoms with Crippen molar-refractivity contribution in [1.29, 1.82) is 0 Å². The summed E-state index contributed by atoms with van der Waals surface area (Å²) in [4.78, 5) is 16.2. The van der Waals surface area contributed by atoms with Gasteiger partial charge in [0.15, 0.2) is 11.6 Å². The fourth-order valence-electron chi connectivity index (χ4n) is 4.05. The zero-order valence-corrected chi connectivity index (χ0v) is 16.2. The van der Waals surface area contributed by atoms with Gasteiger partial charge in [0.05, 0.1) is 0 Å². The minimum atomic E-state index is 0.524. The third-order valence-corrected chi connectivity index (χ3v) is 6.00. The fourth-order valence-corrected chi connectivity index (χ4v) is 4.05. The van der Waals surface area contributed by atoms with E-state index < -0.39 is 0 Å². The van der Waals surface area contributed by atoms with Crippen LogP contribution in [0.5, 0.6) is 0 Å². The van der Waals surface area contributed by atoms with Crippen LogP contribution in [0.1, 0.15) is 43.8 Å². The lowest BCUT2D eigenvalue weighted by Gasteiger charge is -2.32. The zero-order chi connectivity index (χ0) is 18.9. The normalized spacial score (nSPS) is 22.4. The molecular weight excluding hydrogens is 350 g/mol. The second-order valence-corrected chi connectivity index (χ2v) is 8.10. The van der Waals surface area contributed by atoms with E-state index in [0.29, 0.717) is 17.8 Å². The molecule has 2 fully saturated rings. The molecule has 3 aromatic rings. The van der Waals surface area contributed by atoms with E-state index >= 15 is 0 Å². The smallest absolute Gasteiger partial charge is 0.226 e. The summed E-state index contributed by atoms with van der Waals surface area (Å²) in [6.45, 7) is 4.24. The summed E-state index contributed by atoms with van der Waals surface area (Å²) in [5.74, 6) is 5.34. The van der Waals surface area contributed by atoms with E-state index in [1.54, 1.807) is 0 Å². The highest BCUT2D eigenvalue weighted by Gasteiger charge is 2.38. The predicted octanol–water partition coefficient (Wildman–Crippen LogP) is 4.11. The molecule has 1 aromatic carbocycles. The first kappa shape index (κ1) is 17.3. The summed E-state index contributed by atoms with van der Waals surface area (Å²) in [6.07, 6.45) is 6.17. The first-order valence-corrected chi connectivity index (χ1v) is 10.2. The third-order valence-electron chi connectivity index (χ3n) is 6.00. The van der Waals surface area contributed by atoms with Crippen molar-refractivity contribution in [3.05, 3.63) is 54.3 Å². The van der Waals surface area contributed by atoms with Gasteiger partial charge in [-0.25, -0.2) is 9.97 Å². The number of piperidine rings is 1. The Morgan fingerprint density at radius 3 is 2.61 bits per heavy atom. The Kier molecular flexibility index (Phi) is 4.55. The SMILES string of the molecule is CC1CC1c1noc(CC2CCN(c3ccnc(-c4ccccc4)n3)CC2)n1. The maximum absolute atomic E-state index is 5.50. The van der Waals surface area contributed by atoms with Gasteiger partial charge >= 0.3 is 0 Å². The molecular formula is C22H25N5O. The Labute approximate surface area is 165 Å². The molecule has 5 rings (SSSR count). The van der Waals surface area contributed by atoms with E-state index in [9.17, 15) is 0 Å². The molecule has 1 aliphatic heterocycles. The van der Waals surface area contributed by atoms with Gasteiger partial charge in [-0.05, 0) is 37.2 Å². The van der Waals surface area contributed by atoms with E-state index in [1.165, 1.54) is 6.42 Å². The molecule has 2 aliphatic rings. The first-order valence-electron chi connectivity index (χ1n) is 10.2. The second-order valence-electron chi connectivity index (χ2n) is 8.10. The monoisotopic (exact) mass is 375 g/mol. The van der Waals surface area contributed by atoms with Crippen LogP contribution in [0.25, 0.3) is 11.4 Å². The van der Waals surface area contributed by atoms with Gasteiger partial charge in [-0.3, -0.25) is 0 Å². The standard InChI is InChI=1S/C22H25N5O/c1-15-13-18(15)22-25-20(28-26-22)14-16-8-11-27(12-9-16)19-7-10-23-21(24-19)17-5-3-2-4-6-17/h2-7,10,15-16,18H,8-9,11-14H2,1H3. The summed E-state index contributed by atoms with van der Waals surface area (Å²) in [6, 6.07) is 12.1. The third kappa shape index (κ3) is 3.63. The summed E-state index contributed by atoms with van der Waals surface area (Å²) in [5.41, 5.74) is 1.05. The van der Waals surface area contributed by atoms with Gasteiger partial charge in [-0.1, -0.05) is 42.4 Å². The van der Waals surface area contributed by atoms with Crippen LogP contribution in [0.3, 0.4) is 0 Å². The lowest BCUT2D eigenvalue weighted by Crippen LogP contribution is -2.35. The van der Waals surface area contributed by atoms with Gasteiger partial charge in [-0.15, -0.1) is 0 Å². The van der Waals surface area contributed by atoms with Crippen LogP contribution in [-0.4, -0.2) is 33.2 Å². The topological polar surface area (TPSA) is 67.9 Å². The van der Waals surface area contributed by atoms with Crippen molar-refractivity contribution in [3.63, 3.8) is 0 Å². The van der Waals surface area contributed by atoms with E-state index in [-0.39, 0.29) is 0 Å². The Bertz CT molecular complexity index is 933. The van der Waals surface area contributed by atoms with Gasteiger partial charge < -0.3 is 9.42 Å². The molecule has 1 aliphatic carbocycles. The molecule has 1 saturated carbocycles. The molecule has 0 radical (unpaired) electrons. The maximum atomic E-state index is 5.50. The molecule has 0 spiro atoms. The number of aromatic nitrogens is 4. The highest BCUT2D eigenvalue weighted by Crippen LogP contribution is 2.45. The molecule has 1 saturated heterocycles. The molecule has 28 heavy (non-hydrogen) atoms. The molecule has 6 nitrogen and oxygen atoms in total. The molecule has 2 unspecified atom stereocenters. The van der Waals surface area contributed by atoms with Crippen LogP contribution in [0.4, 0.5) is 5.82 Å². The van der Waals surface area contributed by atoms with E-state index in [4.69, 9.17) is 9.51 Å². The van der Waals surface area contributed by atoms with Crippen LogP contribution in [0, 0.1) is 11.8 Å². The van der Waals surface area contributed by atoms with Crippen molar-refractivity contribution in [2.24, 2.45) is 11.8 Å². The summed E-state index contributed by atoms with van der Waals surface area (Å²) >= 11 is 0. The van der Waals surface area contributed by atoms with Crippen LogP contribution in [-0.2, 0) is 6.42 Å². The maximum Gasteiger partial charge on any atom is 0.226 e. The minimum absolute atomic E-state index is 0.524. The first-order chi connectivity index (χ1) is 13.8. The van der Waals surface area contributed by atoms with Crippen molar-refractivity contribution in [2.75, 3.05) is 18.0 Å². The summed E-state index contributed by atoms with van der Waals surface area (Å²) < 4.78 is 5.50. The molecule has 2 atom stereocenters. The number of hydrogen-bond donors (Lipinski definition) is 0. The number of benzene rings is 1. The van der Waals surface area contributed by atoms with Gasteiger partial charge in [0.25, 0.3) is 0 Å². The molecule has 0 bridgehead atoms. The number of nitrogens with zero attached hydrogens (tertiary/aromatic N) is 5. The Hall–Kier alpha value is -2.76. The van der Waals surface area contributed by atoms with Crippen LogP contribution >= 0.6 is 0 Å². The molecule has 144 valence electrons. The van der Waals surface area contributed by atoms with Crippen molar-refractivity contribution >= 4 is 5.82 Å². The lowest BCUT2D eigenvalue weighted by molar-refractivity contribution is 0.322. The summed E-state index contributed by atoms with van der Waals surface area (Å²) in [7, 11) is 0. The lowest BCUT2D eigenvalue weighted by atomic mass is 9.93. The summed E-state index contributed by atoms with van der Waals surface area (Å²) in [5, 5.41) is 4.18. The van der Waals surface area contributed by atoms with Gasteiger partial charge in [0.1, 0.15) is 5.82 Å². The fraction of sp³-hybridized carbons (Fsp3) is 0.455. The van der Waals surface area contributed by atoms with Gasteiger partial charge in [0, 0.05) is 37.2 Å². The largest absolute Gasteiger partial charge is 0.356 e. The Balaban J connectivity index is 1.20. The Morgan fingerprint density at radius 2 is 1.86 bits per heavy atom. The predicted molar refractivity (Wildman–Crippen MR) is 107 cm³/mol. The quantitative estimate of drug-likeness (QED) is 0.668. The van der Waals surface area contributed by atoms with E-state index in [0.717, 1.165) is 61.3 Å². The molecule has 3 heterocycles. The molecule has 2 aromatic heterocycles. The molecule has 0 amide bonds. The minimum Gasteiger partial charge on any atom is -0.356 e. The molecule has 6 heteroatoms. The second kappa shape index (κ2) is 7.34. The van der Waals surface area contributed by atoms with Crippen LogP contribution < -0.4 is 4.90 Å². The van der Waals surface area contributed by atoms with Crippen molar-refractivity contribution in [1.82, 2.24) is 20.1 Å².